The topological polar surface area (TPSA) is 29.5 Å². The molecule has 0 spiro atoms. The third-order valence-corrected chi connectivity index (χ3v) is 4.07. The first-order chi connectivity index (χ1) is 7.15. The summed E-state index contributed by atoms with van der Waals surface area (Å²) < 4.78 is 6.23. The molecule has 1 aliphatic rings. The molecule has 4 heteroatoms. The van der Waals surface area contributed by atoms with Gasteiger partial charge in [0, 0.05) is 17.2 Å². The summed E-state index contributed by atoms with van der Waals surface area (Å²) in [5.74, 6) is 0.279. The van der Waals surface area contributed by atoms with Crippen LogP contribution in [0.3, 0.4) is 0 Å². The van der Waals surface area contributed by atoms with E-state index >= 15 is 0 Å². The van der Waals surface area contributed by atoms with Crippen molar-refractivity contribution in [3.63, 3.8) is 0 Å². The Morgan fingerprint density at radius 2 is 2.47 bits per heavy atom. The molecule has 2 rings (SSSR count). The Hall–Kier alpha value is -0.0900. The maximum absolute atomic E-state index is 10.0. The predicted octanol–water partition coefficient (Wildman–Crippen LogP) is 2.73. The van der Waals surface area contributed by atoms with Gasteiger partial charge in [0.1, 0.15) is 0 Å². The summed E-state index contributed by atoms with van der Waals surface area (Å²) >= 11 is 7.38. The van der Waals surface area contributed by atoms with Gasteiger partial charge in [-0.15, -0.1) is 11.3 Å². The number of rotatable bonds is 3. The minimum Gasteiger partial charge on any atom is -0.392 e. The molecule has 0 aromatic carbocycles. The first kappa shape index (κ1) is 11.4. The monoisotopic (exact) mass is 246 g/mol. The average Bonchev–Trinajstić information content (AvgIpc) is 2.75. The summed E-state index contributed by atoms with van der Waals surface area (Å²) in [6.45, 7) is 2.73. The Bertz CT molecular complexity index is 326. The second kappa shape index (κ2) is 4.83. The van der Waals surface area contributed by atoms with Gasteiger partial charge in [-0.2, -0.15) is 0 Å². The van der Waals surface area contributed by atoms with Crippen LogP contribution in [0.5, 0.6) is 0 Å². The van der Waals surface area contributed by atoms with Gasteiger partial charge >= 0.3 is 0 Å². The van der Waals surface area contributed by atoms with Crippen LogP contribution in [-0.4, -0.2) is 23.9 Å². The highest BCUT2D eigenvalue weighted by atomic mass is 35.5. The molecule has 1 fully saturated rings. The molecule has 84 valence electrons. The van der Waals surface area contributed by atoms with Gasteiger partial charge in [0.05, 0.1) is 23.2 Å². The van der Waals surface area contributed by atoms with Crippen molar-refractivity contribution in [1.29, 1.82) is 0 Å². The van der Waals surface area contributed by atoms with Crippen LogP contribution in [0.15, 0.2) is 12.1 Å². The highest BCUT2D eigenvalue weighted by Crippen LogP contribution is 2.27. The highest BCUT2D eigenvalue weighted by Gasteiger charge is 2.28. The molecule has 2 nitrogen and oxygen atoms in total. The molecule has 15 heavy (non-hydrogen) atoms. The Labute approximate surface area is 98.8 Å². The van der Waals surface area contributed by atoms with E-state index in [0.29, 0.717) is 13.0 Å². The molecule has 0 radical (unpaired) electrons. The Balaban J connectivity index is 1.89. The zero-order valence-electron chi connectivity index (χ0n) is 8.65. The van der Waals surface area contributed by atoms with Gasteiger partial charge in [-0.05, 0) is 25.5 Å². The Morgan fingerprint density at radius 3 is 3.00 bits per heavy atom. The second-order valence-corrected chi connectivity index (χ2v) is 5.92. The highest BCUT2D eigenvalue weighted by molar-refractivity contribution is 7.16. The van der Waals surface area contributed by atoms with Crippen LogP contribution in [0.25, 0.3) is 0 Å². The fourth-order valence-corrected chi connectivity index (χ4v) is 3.09. The largest absolute Gasteiger partial charge is 0.392 e. The average molecular weight is 247 g/mol. The predicted molar refractivity (Wildman–Crippen MR) is 62.6 cm³/mol. The number of halogens is 1. The van der Waals surface area contributed by atoms with E-state index in [4.69, 9.17) is 16.3 Å². The fourth-order valence-electron chi connectivity index (χ4n) is 1.95. The molecule has 1 aliphatic heterocycles. The van der Waals surface area contributed by atoms with E-state index < -0.39 is 0 Å². The lowest BCUT2D eigenvalue weighted by Gasteiger charge is -2.15. The van der Waals surface area contributed by atoms with Gasteiger partial charge in [0.2, 0.25) is 0 Å². The Kier molecular flexibility index (Phi) is 3.67. The molecule has 1 N–H and O–H groups in total. The van der Waals surface area contributed by atoms with Crippen molar-refractivity contribution in [1.82, 2.24) is 0 Å². The zero-order valence-corrected chi connectivity index (χ0v) is 10.2. The van der Waals surface area contributed by atoms with Gasteiger partial charge in [-0.25, -0.2) is 0 Å². The minimum atomic E-state index is -0.301. The van der Waals surface area contributed by atoms with Gasteiger partial charge in [-0.1, -0.05) is 11.6 Å². The van der Waals surface area contributed by atoms with Crippen LogP contribution in [0.1, 0.15) is 18.2 Å². The zero-order chi connectivity index (χ0) is 10.8. The molecular formula is C11H15ClO2S. The van der Waals surface area contributed by atoms with Crippen molar-refractivity contribution >= 4 is 22.9 Å². The van der Waals surface area contributed by atoms with E-state index in [0.717, 1.165) is 15.6 Å². The molecule has 3 atom stereocenters. The number of aliphatic hydroxyl groups excluding tert-OH is 1. The van der Waals surface area contributed by atoms with E-state index in [-0.39, 0.29) is 18.1 Å². The van der Waals surface area contributed by atoms with Crippen molar-refractivity contribution < 1.29 is 9.84 Å². The standard InChI is InChI=1S/C11H15ClO2S/c1-7-4-8(6-14-7)10(13)5-9-2-3-11(12)15-9/h2-3,7-8,10,13H,4-6H2,1H3. The maximum atomic E-state index is 10.0. The third-order valence-electron chi connectivity index (χ3n) is 2.81. The van der Waals surface area contributed by atoms with Crippen molar-refractivity contribution in [2.24, 2.45) is 5.92 Å². The SMILES string of the molecule is CC1CC(C(O)Cc2ccc(Cl)s2)CO1. The number of aliphatic hydroxyl groups is 1. The normalized spacial score (nSPS) is 28.2. The second-order valence-electron chi connectivity index (χ2n) is 4.12. The Morgan fingerprint density at radius 1 is 1.67 bits per heavy atom. The summed E-state index contributed by atoms with van der Waals surface area (Å²) in [6, 6.07) is 3.86. The minimum absolute atomic E-state index is 0.279. The molecular weight excluding hydrogens is 232 g/mol. The molecule has 2 heterocycles. The van der Waals surface area contributed by atoms with Gasteiger partial charge in [-0.3, -0.25) is 0 Å². The molecule has 1 aromatic heterocycles. The lowest BCUT2D eigenvalue weighted by atomic mass is 9.97. The first-order valence-electron chi connectivity index (χ1n) is 5.19. The number of thiophene rings is 1. The third kappa shape index (κ3) is 2.94. The summed E-state index contributed by atoms with van der Waals surface area (Å²) in [5, 5.41) is 10.0. The van der Waals surface area contributed by atoms with Crippen LogP contribution >= 0.6 is 22.9 Å². The molecule has 1 saturated heterocycles. The van der Waals surface area contributed by atoms with Crippen molar-refractivity contribution in [3.8, 4) is 0 Å². The van der Waals surface area contributed by atoms with Crippen molar-refractivity contribution in [2.75, 3.05) is 6.61 Å². The van der Waals surface area contributed by atoms with Crippen molar-refractivity contribution in [2.45, 2.75) is 32.0 Å². The van der Waals surface area contributed by atoms with Crippen LogP contribution in [0, 0.1) is 5.92 Å². The summed E-state index contributed by atoms with van der Waals surface area (Å²) in [4.78, 5) is 1.15. The van der Waals surface area contributed by atoms with E-state index in [1.807, 2.05) is 12.1 Å². The number of ether oxygens (including phenoxy) is 1. The smallest absolute Gasteiger partial charge is 0.0931 e. The molecule has 0 bridgehead atoms. The molecule has 0 amide bonds. The molecule has 0 saturated carbocycles. The summed E-state index contributed by atoms with van der Waals surface area (Å²) in [7, 11) is 0. The maximum Gasteiger partial charge on any atom is 0.0931 e. The summed E-state index contributed by atoms with van der Waals surface area (Å²) in [6.07, 6.45) is 1.64. The fraction of sp³-hybridized carbons (Fsp3) is 0.636. The summed E-state index contributed by atoms with van der Waals surface area (Å²) in [5.41, 5.74) is 0. The molecule has 0 aliphatic carbocycles. The van der Waals surface area contributed by atoms with Crippen LogP contribution in [0.2, 0.25) is 4.34 Å². The lowest BCUT2D eigenvalue weighted by molar-refractivity contribution is 0.0811. The van der Waals surface area contributed by atoms with E-state index in [1.165, 1.54) is 0 Å². The quantitative estimate of drug-likeness (QED) is 0.889. The van der Waals surface area contributed by atoms with Crippen molar-refractivity contribution in [3.05, 3.63) is 21.3 Å². The van der Waals surface area contributed by atoms with Gasteiger partial charge < -0.3 is 9.84 Å². The van der Waals surface area contributed by atoms with Crippen LogP contribution in [-0.2, 0) is 11.2 Å². The van der Waals surface area contributed by atoms with Gasteiger partial charge in [0.15, 0.2) is 0 Å². The molecule has 3 unspecified atom stereocenters. The number of hydrogen-bond acceptors (Lipinski definition) is 3. The van der Waals surface area contributed by atoms with Crippen LogP contribution in [0.4, 0.5) is 0 Å². The molecule has 1 aromatic rings. The van der Waals surface area contributed by atoms with E-state index in [1.54, 1.807) is 11.3 Å². The van der Waals surface area contributed by atoms with Crippen LogP contribution < -0.4 is 0 Å². The first-order valence-corrected chi connectivity index (χ1v) is 6.38. The van der Waals surface area contributed by atoms with Gasteiger partial charge in [0.25, 0.3) is 0 Å². The van der Waals surface area contributed by atoms with E-state index in [9.17, 15) is 5.11 Å². The van der Waals surface area contributed by atoms with E-state index in [2.05, 4.69) is 6.92 Å². The number of hydrogen-bond donors (Lipinski definition) is 1. The lowest BCUT2D eigenvalue weighted by Crippen LogP contribution is -2.22.